The second kappa shape index (κ2) is 6.57. The molecular weight excluding hydrogens is 354 g/mol. The minimum atomic E-state index is -0.400. The molecule has 0 aliphatic carbocycles. The fourth-order valence-electron chi connectivity index (χ4n) is 3.46. The van der Waals surface area contributed by atoms with E-state index in [9.17, 15) is 4.79 Å². The molecule has 2 aromatic rings. The van der Waals surface area contributed by atoms with Crippen molar-refractivity contribution in [2.24, 2.45) is 0 Å². The first-order valence-electron chi connectivity index (χ1n) is 8.31. The van der Waals surface area contributed by atoms with Crippen LogP contribution in [0, 0.1) is 0 Å². The van der Waals surface area contributed by atoms with E-state index in [2.05, 4.69) is 6.08 Å². The summed E-state index contributed by atoms with van der Waals surface area (Å²) in [4.78, 5) is 14.2. The van der Waals surface area contributed by atoms with Gasteiger partial charge in [0.15, 0.2) is 11.5 Å². The molecule has 6 heteroatoms. The molecule has 0 spiro atoms. The van der Waals surface area contributed by atoms with Gasteiger partial charge >= 0.3 is 6.09 Å². The minimum absolute atomic E-state index is 0.170. The highest BCUT2D eigenvalue weighted by molar-refractivity contribution is 6.31. The van der Waals surface area contributed by atoms with Crippen LogP contribution >= 0.6 is 11.6 Å². The molecule has 134 valence electrons. The normalized spacial score (nSPS) is 17.6. The SMILES string of the molecule is COC(=O)N1c2ccc(Cl)cc2C(C)=CC1Cc1ccc2c(c1)OCO2. The average Bonchev–Trinajstić information content (AvgIpc) is 3.09. The Kier molecular flexibility index (Phi) is 4.24. The van der Waals surface area contributed by atoms with Gasteiger partial charge in [-0.3, -0.25) is 4.90 Å². The van der Waals surface area contributed by atoms with Crippen molar-refractivity contribution < 1.29 is 19.0 Å². The number of amides is 1. The molecule has 0 saturated heterocycles. The average molecular weight is 372 g/mol. The Hall–Kier alpha value is -2.66. The molecule has 0 fully saturated rings. The third kappa shape index (κ3) is 2.88. The summed E-state index contributed by atoms with van der Waals surface area (Å²) in [7, 11) is 1.39. The quantitative estimate of drug-likeness (QED) is 0.769. The second-order valence-corrected chi connectivity index (χ2v) is 6.75. The van der Waals surface area contributed by atoms with Gasteiger partial charge in [0.05, 0.1) is 18.8 Å². The molecule has 0 saturated carbocycles. The maximum Gasteiger partial charge on any atom is 0.414 e. The summed E-state index contributed by atoms with van der Waals surface area (Å²) in [6.07, 6.45) is 2.30. The molecule has 0 radical (unpaired) electrons. The van der Waals surface area contributed by atoms with Crippen LogP contribution in [0.4, 0.5) is 10.5 Å². The molecule has 26 heavy (non-hydrogen) atoms. The Morgan fingerprint density at radius 3 is 2.85 bits per heavy atom. The van der Waals surface area contributed by atoms with Crippen LogP contribution in [0.5, 0.6) is 11.5 Å². The number of fused-ring (bicyclic) bond motifs is 2. The lowest BCUT2D eigenvalue weighted by molar-refractivity contribution is 0.174. The van der Waals surface area contributed by atoms with Crippen molar-refractivity contribution >= 4 is 29.0 Å². The van der Waals surface area contributed by atoms with Crippen LogP contribution in [0.2, 0.25) is 5.02 Å². The molecule has 0 bridgehead atoms. The highest BCUT2D eigenvalue weighted by Crippen LogP contribution is 2.38. The standard InChI is InChI=1S/C20H18ClNO4/c1-12-7-15(8-13-3-6-18-19(9-13)26-11-25-18)22(20(23)24-2)17-5-4-14(21)10-16(12)17/h3-7,9-10,15H,8,11H2,1-2H3. The predicted molar refractivity (Wildman–Crippen MR) is 100 cm³/mol. The summed E-state index contributed by atoms with van der Waals surface area (Å²) in [5.74, 6) is 1.48. The number of carbonyl (C=O) groups excluding carboxylic acids is 1. The number of anilines is 1. The van der Waals surface area contributed by atoms with E-state index in [0.29, 0.717) is 11.4 Å². The molecule has 2 aliphatic rings. The number of methoxy groups -OCH3 is 1. The van der Waals surface area contributed by atoms with E-state index < -0.39 is 6.09 Å². The lowest BCUT2D eigenvalue weighted by Gasteiger charge is -2.34. The molecule has 0 N–H and O–H groups in total. The highest BCUT2D eigenvalue weighted by atomic mass is 35.5. The van der Waals surface area contributed by atoms with E-state index in [-0.39, 0.29) is 12.8 Å². The van der Waals surface area contributed by atoms with Gasteiger partial charge in [0.1, 0.15) is 0 Å². The van der Waals surface area contributed by atoms with Crippen LogP contribution in [0.15, 0.2) is 42.5 Å². The lowest BCUT2D eigenvalue weighted by Crippen LogP contribution is -2.43. The Balaban J connectivity index is 1.71. The number of allylic oxidation sites excluding steroid dienone is 1. The summed E-state index contributed by atoms with van der Waals surface area (Å²) in [5.41, 5.74) is 3.86. The Morgan fingerprint density at radius 2 is 2.04 bits per heavy atom. The van der Waals surface area contributed by atoms with E-state index in [4.69, 9.17) is 25.8 Å². The van der Waals surface area contributed by atoms with Crippen molar-refractivity contribution in [1.82, 2.24) is 0 Å². The number of benzene rings is 2. The molecule has 2 aliphatic heterocycles. The van der Waals surface area contributed by atoms with E-state index in [1.54, 1.807) is 11.0 Å². The first-order valence-corrected chi connectivity index (χ1v) is 8.68. The molecule has 2 aromatic carbocycles. The molecule has 5 nitrogen and oxygen atoms in total. The van der Waals surface area contributed by atoms with Gasteiger partial charge in [0.25, 0.3) is 0 Å². The van der Waals surface area contributed by atoms with Crippen LogP contribution in [-0.2, 0) is 11.2 Å². The van der Waals surface area contributed by atoms with Gasteiger partial charge in [-0.15, -0.1) is 0 Å². The van der Waals surface area contributed by atoms with E-state index >= 15 is 0 Å². The lowest BCUT2D eigenvalue weighted by atomic mass is 9.93. The fraction of sp³-hybridized carbons (Fsp3) is 0.250. The van der Waals surface area contributed by atoms with Gasteiger partial charge in [0, 0.05) is 10.6 Å². The van der Waals surface area contributed by atoms with Crippen molar-refractivity contribution in [3.63, 3.8) is 0 Å². The van der Waals surface area contributed by atoms with Crippen LogP contribution in [0.3, 0.4) is 0 Å². The summed E-state index contributed by atoms with van der Waals surface area (Å²) >= 11 is 6.14. The molecule has 4 rings (SSSR count). The van der Waals surface area contributed by atoms with E-state index in [0.717, 1.165) is 33.9 Å². The van der Waals surface area contributed by atoms with Crippen molar-refractivity contribution in [1.29, 1.82) is 0 Å². The molecule has 2 heterocycles. The first-order chi connectivity index (χ1) is 12.6. The summed E-state index contributed by atoms with van der Waals surface area (Å²) in [5, 5.41) is 0.635. The number of hydrogen-bond acceptors (Lipinski definition) is 4. The Morgan fingerprint density at radius 1 is 1.23 bits per heavy atom. The van der Waals surface area contributed by atoms with Gasteiger partial charge < -0.3 is 14.2 Å². The molecule has 1 atom stereocenters. The van der Waals surface area contributed by atoms with Crippen LogP contribution in [0.1, 0.15) is 18.1 Å². The molecule has 0 aromatic heterocycles. The number of halogens is 1. The monoisotopic (exact) mass is 371 g/mol. The zero-order valence-corrected chi connectivity index (χ0v) is 15.2. The third-order valence-electron chi connectivity index (χ3n) is 4.67. The van der Waals surface area contributed by atoms with Gasteiger partial charge in [-0.1, -0.05) is 23.7 Å². The smallest absolute Gasteiger partial charge is 0.414 e. The first kappa shape index (κ1) is 16.8. The predicted octanol–water partition coefficient (Wildman–Crippen LogP) is 4.67. The number of hydrogen-bond donors (Lipinski definition) is 0. The number of rotatable bonds is 2. The fourth-order valence-corrected chi connectivity index (χ4v) is 3.63. The van der Waals surface area contributed by atoms with Gasteiger partial charge in [0.2, 0.25) is 6.79 Å². The molecule has 1 amide bonds. The zero-order valence-electron chi connectivity index (χ0n) is 14.5. The third-order valence-corrected chi connectivity index (χ3v) is 4.91. The minimum Gasteiger partial charge on any atom is -0.454 e. The van der Waals surface area contributed by atoms with Gasteiger partial charge in [-0.2, -0.15) is 0 Å². The van der Waals surface area contributed by atoms with Crippen LogP contribution < -0.4 is 14.4 Å². The van der Waals surface area contributed by atoms with E-state index in [1.165, 1.54) is 7.11 Å². The van der Waals surface area contributed by atoms with Crippen molar-refractivity contribution in [2.45, 2.75) is 19.4 Å². The maximum atomic E-state index is 12.5. The van der Waals surface area contributed by atoms with Crippen molar-refractivity contribution in [3.8, 4) is 11.5 Å². The zero-order chi connectivity index (χ0) is 18.3. The summed E-state index contributed by atoms with van der Waals surface area (Å²) in [6.45, 7) is 2.26. The molecule has 1 unspecified atom stereocenters. The maximum absolute atomic E-state index is 12.5. The molecular formula is C20H18ClNO4. The van der Waals surface area contributed by atoms with Crippen molar-refractivity contribution in [2.75, 3.05) is 18.8 Å². The van der Waals surface area contributed by atoms with Crippen LogP contribution in [0.25, 0.3) is 5.57 Å². The largest absolute Gasteiger partial charge is 0.454 e. The topological polar surface area (TPSA) is 48.0 Å². The van der Waals surface area contributed by atoms with Crippen molar-refractivity contribution in [3.05, 3.63) is 58.6 Å². The van der Waals surface area contributed by atoms with Crippen LogP contribution in [-0.4, -0.2) is 26.0 Å². The van der Waals surface area contributed by atoms with Gasteiger partial charge in [-0.05, 0) is 54.8 Å². The summed E-state index contributed by atoms with van der Waals surface area (Å²) in [6, 6.07) is 11.2. The Bertz CT molecular complexity index is 909. The highest BCUT2D eigenvalue weighted by Gasteiger charge is 2.31. The van der Waals surface area contributed by atoms with E-state index in [1.807, 2.05) is 37.3 Å². The Labute approximate surface area is 156 Å². The number of nitrogens with zero attached hydrogens (tertiary/aromatic N) is 1. The second-order valence-electron chi connectivity index (χ2n) is 6.31. The van der Waals surface area contributed by atoms with Gasteiger partial charge in [-0.25, -0.2) is 4.79 Å². The summed E-state index contributed by atoms with van der Waals surface area (Å²) < 4.78 is 15.9. The number of ether oxygens (including phenoxy) is 3. The number of carbonyl (C=O) groups is 1.